The molecule has 0 radical (unpaired) electrons. The minimum Gasteiger partial charge on any atom is -1.00 e. The normalized spacial score (nSPS) is 15.6. The van der Waals surface area contributed by atoms with Gasteiger partial charge in [0.2, 0.25) is 0 Å². The molecule has 0 saturated heterocycles. The molecule has 0 bridgehead atoms. The summed E-state index contributed by atoms with van der Waals surface area (Å²) in [5, 5.41) is 0. The van der Waals surface area contributed by atoms with Crippen LogP contribution >= 0.6 is 0 Å². The first-order valence-corrected chi connectivity index (χ1v) is 17.0. The first kappa shape index (κ1) is 31.5. The first-order valence-electron chi connectivity index (χ1n) is 13.3. The summed E-state index contributed by atoms with van der Waals surface area (Å²) in [7, 11) is 0. The molecule has 194 valence electrons. The number of unbranched alkanes of at least 4 members (excludes halogenated alkanes) is 1. The minimum atomic E-state index is -2.25. The van der Waals surface area contributed by atoms with E-state index in [1.54, 1.807) is 23.2 Å². The first-order chi connectivity index (χ1) is 15.9. The molecule has 3 heteroatoms. The van der Waals surface area contributed by atoms with Crippen LogP contribution in [0, 0.1) is 39.0 Å². The van der Waals surface area contributed by atoms with Crippen LogP contribution in [0.3, 0.4) is 0 Å². The maximum atomic E-state index is 2.67. The van der Waals surface area contributed by atoms with Crippen LogP contribution in [0.25, 0.3) is 11.1 Å². The van der Waals surface area contributed by atoms with Gasteiger partial charge in [-0.2, -0.15) is 0 Å². The summed E-state index contributed by atoms with van der Waals surface area (Å²) in [6.45, 7) is 23.7. The van der Waals surface area contributed by atoms with Gasteiger partial charge >= 0.3 is 218 Å². The smallest absolute Gasteiger partial charge is 1.00 e. The number of hydrogen-bond donors (Lipinski definition) is 0. The van der Waals surface area contributed by atoms with E-state index in [0.717, 1.165) is 6.42 Å². The van der Waals surface area contributed by atoms with Gasteiger partial charge in [-0.15, -0.1) is 0 Å². The fourth-order valence-electron chi connectivity index (χ4n) is 5.89. The average molecular weight is 603 g/mol. The van der Waals surface area contributed by atoms with E-state index in [1.807, 2.05) is 3.28 Å². The quantitative estimate of drug-likeness (QED) is 0.422. The van der Waals surface area contributed by atoms with Crippen molar-refractivity contribution in [2.75, 3.05) is 0 Å². The van der Waals surface area contributed by atoms with Gasteiger partial charge in [-0.1, -0.05) is 0 Å². The van der Waals surface area contributed by atoms with Crippen molar-refractivity contribution in [3.05, 3.63) is 72.6 Å². The molecule has 0 amide bonds. The van der Waals surface area contributed by atoms with Crippen LogP contribution < -0.4 is 28.1 Å². The molecule has 0 N–H and O–H groups in total. The predicted octanol–water partition coefficient (Wildman–Crippen LogP) is 2.63. The van der Waals surface area contributed by atoms with Crippen LogP contribution in [0.1, 0.15) is 94.2 Å². The maximum absolute atomic E-state index is 2.67. The van der Waals surface area contributed by atoms with E-state index in [9.17, 15) is 0 Å². The Morgan fingerprint density at radius 2 is 1.53 bits per heavy atom. The van der Waals surface area contributed by atoms with E-state index in [-0.39, 0.29) is 30.2 Å². The zero-order chi connectivity index (χ0) is 24.9. The second-order valence-electron chi connectivity index (χ2n) is 12.1. The van der Waals surface area contributed by atoms with Gasteiger partial charge < -0.3 is 24.8 Å². The Morgan fingerprint density at radius 3 is 2.11 bits per heavy atom. The van der Waals surface area contributed by atoms with Gasteiger partial charge in [-0.05, 0) is 0 Å². The SMILES string of the molecule is CCCCC1C=C(C(C)(C)C)C=[C]1[Zr+2](=[C](C)C)[c]1c(C)c(C)cc2c1Cc1cc(C)c(C)cc1-2.[Cl-].[Cl-]. The van der Waals surface area contributed by atoms with Gasteiger partial charge in [0, 0.05) is 0 Å². The van der Waals surface area contributed by atoms with Crippen molar-refractivity contribution in [2.24, 2.45) is 11.3 Å². The number of benzene rings is 2. The van der Waals surface area contributed by atoms with Crippen LogP contribution in [0.2, 0.25) is 0 Å². The molecule has 0 heterocycles. The standard InChI is InChI=1S/C17H17.C13H21.C3H6.2ClH.Zr/c1-10-5-14-9-15-6-11(2)13(4)8-17(15)16(14)7-12(10)3;1-5-6-7-11-8-9-12(10-11)13(2,3)4;1-3-2;;;/h5,7-8H,9H2,1-4H3;9-11H,5-7H2,1-4H3;1-2H3;2*1H;/q;;;;;+2/p-2. The molecule has 0 aromatic heterocycles. The van der Waals surface area contributed by atoms with Crippen LogP contribution in [-0.4, -0.2) is 3.21 Å². The van der Waals surface area contributed by atoms with Crippen molar-refractivity contribution in [1.82, 2.24) is 0 Å². The summed E-state index contributed by atoms with van der Waals surface area (Å²) in [5.74, 6) is 0.641. The van der Waals surface area contributed by atoms with E-state index in [4.69, 9.17) is 0 Å². The molecule has 0 aliphatic heterocycles. The Kier molecular flexibility index (Phi) is 10.5. The third-order valence-corrected chi connectivity index (χ3v) is 16.2. The van der Waals surface area contributed by atoms with Crippen LogP contribution in [0.5, 0.6) is 0 Å². The number of rotatable bonds is 5. The maximum Gasteiger partial charge on any atom is -1.00 e. The van der Waals surface area contributed by atoms with Gasteiger partial charge in [-0.3, -0.25) is 0 Å². The molecule has 36 heavy (non-hydrogen) atoms. The summed E-state index contributed by atoms with van der Waals surface area (Å²) in [6.07, 6.45) is 10.4. The summed E-state index contributed by atoms with van der Waals surface area (Å²) >= 11 is -2.25. The molecule has 1 unspecified atom stereocenters. The number of aryl methyl sites for hydroxylation is 3. The molecule has 2 aromatic carbocycles. The van der Waals surface area contributed by atoms with Crippen LogP contribution in [-0.2, 0) is 27.7 Å². The monoisotopic (exact) mass is 600 g/mol. The zero-order valence-electron chi connectivity index (χ0n) is 24.0. The molecule has 2 aliphatic rings. The van der Waals surface area contributed by atoms with Gasteiger partial charge in [0.25, 0.3) is 0 Å². The number of halogens is 2. The second-order valence-corrected chi connectivity index (χ2v) is 19.0. The van der Waals surface area contributed by atoms with Gasteiger partial charge in [0.1, 0.15) is 0 Å². The average Bonchev–Trinajstić information content (AvgIpc) is 3.31. The Morgan fingerprint density at radius 1 is 0.917 bits per heavy atom. The molecule has 0 fully saturated rings. The Balaban J connectivity index is 0.00000228. The summed E-state index contributed by atoms with van der Waals surface area (Å²) < 4.78 is 5.35. The molecule has 2 aromatic rings. The Labute approximate surface area is 241 Å². The Hall–Kier alpha value is -0.747. The van der Waals surface area contributed by atoms with E-state index in [1.165, 1.54) is 52.6 Å². The van der Waals surface area contributed by atoms with Crippen molar-refractivity contribution >= 4 is 6.48 Å². The molecule has 0 spiro atoms. The Bertz CT molecular complexity index is 1250. The number of fused-ring (bicyclic) bond motifs is 3. The molecule has 0 nitrogen and oxygen atoms in total. The topological polar surface area (TPSA) is 0 Å². The van der Waals surface area contributed by atoms with E-state index in [0.29, 0.717) is 5.92 Å². The van der Waals surface area contributed by atoms with E-state index >= 15 is 0 Å². The molecule has 1 atom stereocenters. The third-order valence-electron chi connectivity index (χ3n) is 8.20. The molecule has 0 saturated carbocycles. The summed E-state index contributed by atoms with van der Waals surface area (Å²) in [6, 6.07) is 7.42. The number of allylic oxidation sites excluding steroid dienone is 4. The van der Waals surface area contributed by atoms with Crippen molar-refractivity contribution < 1.29 is 46.1 Å². The van der Waals surface area contributed by atoms with Crippen molar-refractivity contribution in [1.29, 1.82) is 0 Å². The summed E-state index contributed by atoms with van der Waals surface area (Å²) in [5.41, 5.74) is 13.9. The van der Waals surface area contributed by atoms with Crippen molar-refractivity contribution in [2.45, 2.75) is 94.9 Å². The zero-order valence-corrected chi connectivity index (χ0v) is 28.0. The third kappa shape index (κ3) is 5.80. The second kappa shape index (κ2) is 12.0. The molecule has 4 rings (SSSR count). The van der Waals surface area contributed by atoms with Gasteiger partial charge in [0.15, 0.2) is 0 Å². The van der Waals surface area contributed by atoms with Crippen molar-refractivity contribution in [3.8, 4) is 11.1 Å². The van der Waals surface area contributed by atoms with E-state index < -0.39 is 21.3 Å². The van der Waals surface area contributed by atoms with E-state index in [2.05, 4.69) is 99.6 Å². The molecule has 2 aliphatic carbocycles. The van der Waals surface area contributed by atoms with Crippen molar-refractivity contribution in [3.63, 3.8) is 0 Å². The van der Waals surface area contributed by atoms with Crippen LogP contribution in [0.4, 0.5) is 0 Å². The fraction of sp³-hybridized carbons (Fsp3) is 0.485. The molecular weight excluding hydrogens is 558 g/mol. The molecular formula is C33H44Cl2Zr. The number of hydrogen-bond acceptors (Lipinski definition) is 0. The predicted molar refractivity (Wildman–Crippen MR) is 148 cm³/mol. The summed E-state index contributed by atoms with van der Waals surface area (Å²) in [4.78, 5) is 0. The fourth-order valence-corrected chi connectivity index (χ4v) is 14.2. The van der Waals surface area contributed by atoms with Crippen LogP contribution in [0.15, 0.2) is 39.2 Å². The minimum absolute atomic E-state index is 0. The van der Waals surface area contributed by atoms with Gasteiger partial charge in [-0.25, -0.2) is 0 Å². The largest absolute Gasteiger partial charge is 1.00 e. The van der Waals surface area contributed by atoms with Gasteiger partial charge in [0.05, 0.1) is 0 Å².